The summed E-state index contributed by atoms with van der Waals surface area (Å²) in [7, 11) is 3.30. The first-order valence-corrected chi connectivity index (χ1v) is 16.1. The van der Waals surface area contributed by atoms with Gasteiger partial charge in [0.15, 0.2) is 11.5 Å². The molecule has 6 rings (SSSR count). The maximum Gasteiger partial charge on any atom is 0.251 e. The van der Waals surface area contributed by atoms with Crippen molar-refractivity contribution in [1.29, 1.82) is 0 Å². The van der Waals surface area contributed by atoms with Gasteiger partial charge in [-0.05, 0) is 84.4 Å². The number of hydrogen-bond acceptors (Lipinski definition) is 9. The second-order valence-electron chi connectivity index (χ2n) is 11.2. The van der Waals surface area contributed by atoms with E-state index in [2.05, 4.69) is 9.88 Å². The maximum atomic E-state index is 12.9. The zero-order valence-electron chi connectivity index (χ0n) is 27.6. The van der Waals surface area contributed by atoms with Gasteiger partial charge >= 0.3 is 0 Å². The van der Waals surface area contributed by atoms with Gasteiger partial charge < -0.3 is 44.0 Å². The predicted octanol–water partition coefficient (Wildman–Crippen LogP) is 5.40. The molecule has 11 heteroatoms. The molecular formula is C38H40N4O7. The van der Waals surface area contributed by atoms with E-state index in [1.54, 1.807) is 14.2 Å². The molecule has 11 nitrogen and oxygen atoms in total. The van der Waals surface area contributed by atoms with Crippen LogP contribution >= 0.6 is 0 Å². The van der Waals surface area contributed by atoms with E-state index in [9.17, 15) is 4.79 Å². The van der Waals surface area contributed by atoms with Gasteiger partial charge in [0, 0.05) is 41.9 Å². The van der Waals surface area contributed by atoms with Crippen LogP contribution in [0, 0.1) is 0 Å². The number of benzene rings is 4. The van der Waals surface area contributed by atoms with Crippen molar-refractivity contribution in [2.45, 2.75) is 6.54 Å². The Hall–Kier alpha value is -5.36. The molecule has 0 saturated heterocycles. The van der Waals surface area contributed by atoms with Gasteiger partial charge in [-0.25, -0.2) is 4.98 Å². The van der Waals surface area contributed by atoms with Crippen molar-refractivity contribution in [3.05, 3.63) is 102 Å². The second kappa shape index (κ2) is 16.2. The van der Waals surface area contributed by atoms with Crippen LogP contribution in [-0.2, 0) is 16.0 Å². The minimum Gasteiger partial charge on any atom is -0.497 e. The molecule has 5 aromatic rings. The summed E-state index contributed by atoms with van der Waals surface area (Å²) in [6.07, 6.45) is 0. The number of hydrogen-bond donors (Lipinski definition) is 2. The van der Waals surface area contributed by atoms with Crippen molar-refractivity contribution in [2.75, 3.05) is 60.5 Å². The summed E-state index contributed by atoms with van der Waals surface area (Å²) in [5.41, 5.74) is 11.5. The molecule has 0 bridgehead atoms. The van der Waals surface area contributed by atoms with E-state index in [1.807, 2.05) is 91.0 Å². The van der Waals surface area contributed by atoms with Gasteiger partial charge in [-0.15, -0.1) is 0 Å². The number of nitrogens with two attached hydrogens (primary N) is 1. The molecular weight excluding hydrogens is 624 g/mol. The van der Waals surface area contributed by atoms with Crippen LogP contribution in [0.25, 0.3) is 33.9 Å². The first kappa shape index (κ1) is 33.5. The lowest BCUT2D eigenvalue weighted by atomic mass is 10.0. The molecule has 2 heterocycles. The number of imidazole rings is 1. The van der Waals surface area contributed by atoms with Gasteiger partial charge in [-0.1, -0.05) is 12.1 Å². The van der Waals surface area contributed by atoms with Crippen molar-refractivity contribution in [3.8, 4) is 56.9 Å². The van der Waals surface area contributed by atoms with Crippen molar-refractivity contribution in [3.63, 3.8) is 0 Å². The fourth-order valence-corrected chi connectivity index (χ4v) is 5.54. The SMILES string of the molecule is COc1ccc(-c2nc(-c3ccc4c(c3)OCO4)n(Cc3ccc(C(=O)NCCOCCOCCN)cc3)c2-c2ccc(OC)cc2)cc1. The number of fused-ring (bicyclic) bond motifs is 1. The zero-order valence-corrected chi connectivity index (χ0v) is 27.6. The zero-order chi connectivity index (χ0) is 34.0. The van der Waals surface area contributed by atoms with Crippen LogP contribution in [0.4, 0.5) is 0 Å². The number of nitrogens with one attached hydrogen (secondary N) is 1. The summed E-state index contributed by atoms with van der Waals surface area (Å²) in [6.45, 7) is 3.35. The summed E-state index contributed by atoms with van der Waals surface area (Å²) < 4.78 is 35.2. The molecule has 1 aromatic heterocycles. The number of carbonyl (C=O) groups is 1. The molecule has 49 heavy (non-hydrogen) atoms. The molecule has 1 amide bonds. The van der Waals surface area contributed by atoms with Gasteiger partial charge in [0.1, 0.15) is 17.3 Å². The van der Waals surface area contributed by atoms with Crippen LogP contribution in [-0.4, -0.2) is 76.0 Å². The third-order valence-corrected chi connectivity index (χ3v) is 8.05. The highest BCUT2D eigenvalue weighted by molar-refractivity contribution is 5.94. The Balaban J connectivity index is 1.32. The Kier molecular flexibility index (Phi) is 11.1. The minimum atomic E-state index is -0.168. The predicted molar refractivity (Wildman–Crippen MR) is 186 cm³/mol. The first-order chi connectivity index (χ1) is 24.1. The Bertz CT molecular complexity index is 1840. The standard InChI is InChI=1S/C38H40N4O7/c1-44-31-12-7-27(8-13-31)35-36(28-9-14-32(45-2)15-10-28)42(37(41-35)30-11-16-33-34(23-30)49-25-48-33)24-26-3-5-29(6-4-26)38(43)40-18-20-47-22-21-46-19-17-39/h3-16,23H,17-22,24-25,39H2,1-2H3,(H,40,43). The quantitative estimate of drug-likeness (QED) is 0.133. The van der Waals surface area contributed by atoms with Crippen LogP contribution < -0.4 is 30.0 Å². The highest BCUT2D eigenvalue weighted by atomic mass is 16.7. The summed E-state index contributed by atoms with van der Waals surface area (Å²) in [6, 6.07) is 29.3. The van der Waals surface area contributed by atoms with Gasteiger partial charge in [0.2, 0.25) is 6.79 Å². The van der Waals surface area contributed by atoms with Crippen LogP contribution in [0.3, 0.4) is 0 Å². The topological polar surface area (TPSA) is 128 Å². The van der Waals surface area contributed by atoms with Crippen LogP contribution in [0.1, 0.15) is 15.9 Å². The number of rotatable bonds is 16. The molecule has 0 saturated carbocycles. The first-order valence-electron chi connectivity index (χ1n) is 16.1. The van der Waals surface area contributed by atoms with Crippen molar-refractivity contribution in [2.24, 2.45) is 5.73 Å². The molecule has 0 radical (unpaired) electrons. The highest BCUT2D eigenvalue weighted by Crippen LogP contribution is 2.41. The highest BCUT2D eigenvalue weighted by Gasteiger charge is 2.24. The average molecular weight is 665 g/mol. The van der Waals surface area contributed by atoms with Crippen molar-refractivity contribution >= 4 is 5.91 Å². The van der Waals surface area contributed by atoms with E-state index in [4.69, 9.17) is 39.1 Å². The van der Waals surface area contributed by atoms with Crippen molar-refractivity contribution in [1.82, 2.24) is 14.9 Å². The number of ether oxygens (including phenoxy) is 6. The summed E-state index contributed by atoms with van der Waals surface area (Å²) in [4.78, 5) is 18.1. The monoisotopic (exact) mass is 664 g/mol. The molecule has 1 aliphatic rings. The lowest BCUT2D eigenvalue weighted by molar-refractivity contribution is 0.0511. The molecule has 0 spiro atoms. The fraction of sp³-hybridized carbons (Fsp3) is 0.263. The number of methoxy groups -OCH3 is 2. The molecule has 0 unspecified atom stereocenters. The third kappa shape index (κ3) is 8.03. The number of aromatic nitrogens is 2. The summed E-state index contributed by atoms with van der Waals surface area (Å²) in [5, 5.41) is 2.91. The van der Waals surface area contributed by atoms with E-state index in [1.165, 1.54) is 0 Å². The molecule has 254 valence electrons. The van der Waals surface area contributed by atoms with E-state index < -0.39 is 0 Å². The Morgan fingerprint density at radius 3 is 2.08 bits per heavy atom. The maximum absolute atomic E-state index is 12.9. The van der Waals surface area contributed by atoms with Crippen molar-refractivity contribution < 1.29 is 33.2 Å². The largest absolute Gasteiger partial charge is 0.497 e. The smallest absolute Gasteiger partial charge is 0.251 e. The third-order valence-electron chi connectivity index (χ3n) is 8.05. The van der Waals surface area contributed by atoms with E-state index >= 15 is 0 Å². The molecule has 1 aliphatic heterocycles. The van der Waals surface area contributed by atoms with E-state index in [-0.39, 0.29) is 12.7 Å². The van der Waals surface area contributed by atoms with Crippen LogP contribution in [0.5, 0.6) is 23.0 Å². The number of nitrogens with zero attached hydrogens (tertiary/aromatic N) is 2. The van der Waals surface area contributed by atoms with Crippen LogP contribution in [0.15, 0.2) is 91.0 Å². The lowest BCUT2D eigenvalue weighted by Gasteiger charge is -2.15. The molecule has 3 N–H and O–H groups in total. The molecule has 0 aliphatic carbocycles. The molecule has 0 atom stereocenters. The molecule has 4 aromatic carbocycles. The minimum absolute atomic E-state index is 0.168. The molecule has 0 fully saturated rings. The Morgan fingerprint density at radius 1 is 0.776 bits per heavy atom. The van der Waals surface area contributed by atoms with Gasteiger partial charge in [-0.2, -0.15) is 0 Å². The van der Waals surface area contributed by atoms with Crippen LogP contribution in [0.2, 0.25) is 0 Å². The van der Waals surface area contributed by atoms with E-state index in [0.717, 1.165) is 51.0 Å². The summed E-state index contributed by atoms with van der Waals surface area (Å²) in [5.74, 6) is 3.47. The number of amides is 1. The Labute approximate surface area is 285 Å². The van der Waals surface area contributed by atoms with E-state index in [0.29, 0.717) is 63.1 Å². The van der Waals surface area contributed by atoms with Gasteiger partial charge in [-0.3, -0.25) is 4.79 Å². The normalized spacial score (nSPS) is 11.8. The van der Waals surface area contributed by atoms with Gasteiger partial charge in [0.25, 0.3) is 5.91 Å². The number of carbonyl (C=O) groups excluding carboxylic acids is 1. The average Bonchev–Trinajstić information content (AvgIpc) is 3.77. The lowest BCUT2D eigenvalue weighted by Crippen LogP contribution is -2.27. The second-order valence-corrected chi connectivity index (χ2v) is 11.2. The fourth-order valence-electron chi connectivity index (χ4n) is 5.54. The van der Waals surface area contributed by atoms with Gasteiger partial charge in [0.05, 0.1) is 52.0 Å². The summed E-state index contributed by atoms with van der Waals surface area (Å²) >= 11 is 0. The Morgan fingerprint density at radius 2 is 1.41 bits per heavy atom.